The van der Waals surface area contributed by atoms with Crippen molar-refractivity contribution in [2.75, 3.05) is 0 Å². The third-order valence-corrected chi connectivity index (χ3v) is 4.03. The molecule has 0 saturated carbocycles. The first kappa shape index (κ1) is 17.7. The Labute approximate surface area is 134 Å². The molecule has 1 aliphatic heterocycles. The lowest BCUT2D eigenvalue weighted by molar-refractivity contribution is -0.146. The molecule has 1 aliphatic rings. The smallest absolute Gasteiger partial charge is 0.163 e. The molecule has 0 bridgehead atoms. The molecule has 1 rings (SSSR count). The van der Waals surface area contributed by atoms with Gasteiger partial charge >= 0.3 is 0 Å². The Morgan fingerprint density at radius 3 is 2.32 bits per heavy atom. The van der Waals surface area contributed by atoms with Gasteiger partial charge in [0.2, 0.25) is 0 Å². The minimum atomic E-state index is -0.439. The van der Waals surface area contributed by atoms with E-state index < -0.39 is 5.79 Å². The number of unbranched alkanes of at least 4 members (excludes halogenated alkanes) is 4. The van der Waals surface area contributed by atoms with Gasteiger partial charge in [0.25, 0.3) is 0 Å². The molecule has 0 amide bonds. The fourth-order valence-electron chi connectivity index (χ4n) is 2.51. The monoisotopic (exact) mass is 396 g/mol. The Morgan fingerprint density at radius 1 is 1.05 bits per heavy atom. The Bertz CT molecular complexity index is 286. The number of hydrogen-bond donors (Lipinski definition) is 0. The normalized spacial score (nSPS) is 25.5. The average molecular weight is 398 g/mol. The molecule has 112 valence electrons. The summed E-state index contributed by atoms with van der Waals surface area (Å²) in [7, 11) is 0. The molecule has 0 aromatic heterocycles. The maximum absolute atomic E-state index is 6.02. The Kier molecular flexibility index (Phi) is 8.19. The zero-order valence-electron chi connectivity index (χ0n) is 12.3. The van der Waals surface area contributed by atoms with E-state index in [4.69, 9.17) is 9.47 Å². The minimum absolute atomic E-state index is 0.172. The van der Waals surface area contributed by atoms with Gasteiger partial charge in [0.15, 0.2) is 5.79 Å². The van der Waals surface area contributed by atoms with Crippen molar-refractivity contribution < 1.29 is 9.47 Å². The second kappa shape index (κ2) is 8.81. The fourth-order valence-corrected chi connectivity index (χ4v) is 2.88. The molecule has 4 heteroatoms. The number of hydrogen-bond acceptors (Lipinski definition) is 2. The predicted octanol–water partition coefficient (Wildman–Crippen LogP) is 5.89. The van der Waals surface area contributed by atoms with Gasteiger partial charge in [0.1, 0.15) is 0 Å². The summed E-state index contributed by atoms with van der Waals surface area (Å²) in [5.74, 6) is -0.439. The first-order valence-electron chi connectivity index (χ1n) is 7.31. The molecule has 0 aromatic rings. The van der Waals surface area contributed by atoms with Crippen molar-refractivity contribution in [1.29, 1.82) is 0 Å². The Morgan fingerprint density at radius 2 is 1.68 bits per heavy atom. The quantitative estimate of drug-likeness (QED) is 0.475. The number of rotatable bonds is 8. The molecule has 1 heterocycles. The van der Waals surface area contributed by atoms with E-state index in [9.17, 15) is 0 Å². The van der Waals surface area contributed by atoms with Crippen molar-refractivity contribution in [2.24, 2.45) is 0 Å². The largest absolute Gasteiger partial charge is 0.345 e. The first-order valence-corrected chi connectivity index (χ1v) is 8.90. The van der Waals surface area contributed by atoms with Crippen LogP contribution in [0.5, 0.6) is 0 Å². The molecule has 2 atom stereocenters. The van der Waals surface area contributed by atoms with Crippen molar-refractivity contribution >= 4 is 31.9 Å². The third kappa shape index (κ3) is 7.26. The van der Waals surface area contributed by atoms with Crippen molar-refractivity contribution in [1.82, 2.24) is 0 Å². The molecule has 0 spiro atoms. The molecule has 0 radical (unpaired) electrons. The van der Waals surface area contributed by atoms with E-state index in [1.165, 1.54) is 32.1 Å². The molecule has 1 fully saturated rings. The summed E-state index contributed by atoms with van der Waals surface area (Å²) in [6.07, 6.45) is 11.0. The number of ether oxygens (including phenoxy) is 2. The van der Waals surface area contributed by atoms with Crippen LogP contribution in [0.2, 0.25) is 0 Å². The molecule has 0 N–H and O–H groups in total. The van der Waals surface area contributed by atoms with Crippen LogP contribution in [0.1, 0.15) is 65.7 Å². The zero-order valence-corrected chi connectivity index (χ0v) is 15.4. The van der Waals surface area contributed by atoms with Gasteiger partial charge in [-0.1, -0.05) is 45.1 Å². The molecule has 0 aliphatic carbocycles. The maximum Gasteiger partial charge on any atom is 0.163 e. The molecule has 1 saturated heterocycles. The summed E-state index contributed by atoms with van der Waals surface area (Å²) in [5, 5.41) is 0. The predicted molar refractivity (Wildman–Crippen MR) is 87.8 cm³/mol. The van der Waals surface area contributed by atoms with E-state index in [0.29, 0.717) is 0 Å². The Balaban J connectivity index is 2.37. The summed E-state index contributed by atoms with van der Waals surface area (Å²) < 4.78 is 13.0. The molecule has 19 heavy (non-hydrogen) atoms. The lowest BCUT2D eigenvalue weighted by Gasteiger charge is -2.16. The van der Waals surface area contributed by atoms with Crippen LogP contribution in [-0.4, -0.2) is 18.0 Å². The van der Waals surface area contributed by atoms with Crippen LogP contribution in [-0.2, 0) is 9.47 Å². The van der Waals surface area contributed by atoms with Crippen LogP contribution in [0.25, 0.3) is 0 Å². The molecular weight excluding hydrogens is 372 g/mol. The van der Waals surface area contributed by atoms with Crippen LogP contribution in [0, 0.1) is 0 Å². The summed E-state index contributed by atoms with van der Waals surface area (Å²) in [5.41, 5.74) is 0. The van der Waals surface area contributed by atoms with Crippen LogP contribution in [0.3, 0.4) is 0 Å². The standard InChI is InChI=1S/C15H26Br2O2/c1-4-5-6-7-8-9-12-13(10-11-14(16)17)19-15(2,3)18-12/h11-13H,4-10H2,1-3H3/t12-,13-/m1/s1. The van der Waals surface area contributed by atoms with Gasteiger partial charge in [-0.05, 0) is 58.5 Å². The highest BCUT2D eigenvalue weighted by Gasteiger charge is 2.39. The fraction of sp³-hybridized carbons (Fsp3) is 0.867. The Hall–Kier alpha value is 0.620. The topological polar surface area (TPSA) is 18.5 Å². The maximum atomic E-state index is 6.02. The van der Waals surface area contributed by atoms with E-state index in [-0.39, 0.29) is 12.2 Å². The van der Waals surface area contributed by atoms with Crippen molar-refractivity contribution in [2.45, 2.75) is 83.7 Å². The molecular formula is C15H26Br2O2. The summed E-state index contributed by atoms with van der Waals surface area (Å²) in [4.78, 5) is 0. The molecule has 0 unspecified atom stereocenters. The lowest BCUT2D eigenvalue weighted by atomic mass is 10.0. The zero-order chi connectivity index (χ0) is 14.3. The van der Waals surface area contributed by atoms with Crippen molar-refractivity contribution in [3.05, 3.63) is 9.47 Å². The average Bonchev–Trinajstić information content (AvgIpc) is 2.61. The van der Waals surface area contributed by atoms with Gasteiger partial charge in [-0.3, -0.25) is 0 Å². The van der Waals surface area contributed by atoms with Gasteiger partial charge in [-0.15, -0.1) is 0 Å². The molecule has 0 aromatic carbocycles. The van der Waals surface area contributed by atoms with Crippen LogP contribution in [0.15, 0.2) is 9.47 Å². The van der Waals surface area contributed by atoms with E-state index in [1.807, 2.05) is 13.8 Å². The van der Waals surface area contributed by atoms with Crippen molar-refractivity contribution in [3.8, 4) is 0 Å². The van der Waals surface area contributed by atoms with Gasteiger partial charge in [0, 0.05) is 0 Å². The van der Waals surface area contributed by atoms with Gasteiger partial charge in [-0.2, -0.15) is 0 Å². The van der Waals surface area contributed by atoms with Gasteiger partial charge in [0.05, 0.1) is 15.6 Å². The highest BCUT2D eigenvalue weighted by Crippen LogP contribution is 2.33. The van der Waals surface area contributed by atoms with Crippen LogP contribution >= 0.6 is 31.9 Å². The van der Waals surface area contributed by atoms with E-state index in [1.54, 1.807) is 0 Å². The third-order valence-electron chi connectivity index (χ3n) is 3.38. The summed E-state index contributed by atoms with van der Waals surface area (Å²) in [6, 6.07) is 0. The highest BCUT2D eigenvalue weighted by molar-refractivity contribution is 9.28. The second-order valence-electron chi connectivity index (χ2n) is 5.64. The SMILES string of the molecule is CCCCCCC[C@H]1OC(C)(C)O[C@@H]1CC=C(Br)Br. The molecule has 2 nitrogen and oxygen atoms in total. The summed E-state index contributed by atoms with van der Waals surface area (Å²) >= 11 is 6.79. The lowest BCUT2D eigenvalue weighted by Crippen LogP contribution is -2.21. The van der Waals surface area contributed by atoms with Crippen molar-refractivity contribution in [3.63, 3.8) is 0 Å². The first-order chi connectivity index (χ1) is 8.94. The minimum Gasteiger partial charge on any atom is -0.345 e. The summed E-state index contributed by atoms with van der Waals surface area (Å²) in [6.45, 7) is 6.25. The van der Waals surface area contributed by atoms with Gasteiger partial charge in [-0.25, -0.2) is 0 Å². The van der Waals surface area contributed by atoms with Gasteiger partial charge < -0.3 is 9.47 Å². The highest BCUT2D eigenvalue weighted by atomic mass is 79.9. The van der Waals surface area contributed by atoms with Crippen LogP contribution in [0.4, 0.5) is 0 Å². The van der Waals surface area contributed by atoms with E-state index in [2.05, 4.69) is 44.9 Å². The van der Waals surface area contributed by atoms with Crippen LogP contribution < -0.4 is 0 Å². The second-order valence-corrected chi connectivity index (χ2v) is 8.42. The number of halogens is 2. The van der Waals surface area contributed by atoms with E-state index in [0.717, 1.165) is 16.2 Å². The van der Waals surface area contributed by atoms with E-state index >= 15 is 0 Å².